The van der Waals surface area contributed by atoms with E-state index < -0.39 is 5.92 Å². The third kappa shape index (κ3) is 6.29. The Labute approximate surface area is 132 Å². The number of carbonyl (C=O) groups is 2. The van der Waals surface area contributed by atoms with E-state index in [2.05, 4.69) is 0 Å². The van der Waals surface area contributed by atoms with E-state index in [4.69, 9.17) is 9.47 Å². The highest BCUT2D eigenvalue weighted by atomic mass is 16.5. The van der Waals surface area contributed by atoms with Crippen molar-refractivity contribution in [3.8, 4) is 0 Å². The van der Waals surface area contributed by atoms with Crippen molar-refractivity contribution in [2.24, 2.45) is 17.8 Å². The van der Waals surface area contributed by atoms with Gasteiger partial charge in [0.2, 0.25) is 0 Å². The molecule has 22 heavy (non-hydrogen) atoms. The summed E-state index contributed by atoms with van der Waals surface area (Å²) in [6, 6.07) is 0. The number of allylic oxidation sites excluding steroid dienone is 2. The Balaban J connectivity index is 2.72. The lowest BCUT2D eigenvalue weighted by molar-refractivity contribution is -0.146. The van der Waals surface area contributed by atoms with E-state index in [0.29, 0.717) is 24.7 Å². The number of hydrogen-bond donors (Lipinski definition) is 0. The molecular weight excluding hydrogens is 280 g/mol. The molecule has 122 valence electrons. The second-order valence-corrected chi connectivity index (χ2v) is 6.41. The van der Waals surface area contributed by atoms with Gasteiger partial charge in [0.05, 0.1) is 24.7 Å². The highest BCUT2D eigenvalue weighted by Gasteiger charge is 2.19. The van der Waals surface area contributed by atoms with Crippen LogP contribution in [0.4, 0.5) is 0 Å². The fourth-order valence-corrected chi connectivity index (χ4v) is 1.83. The summed E-state index contributed by atoms with van der Waals surface area (Å²) in [7, 11) is 0. The lowest BCUT2D eigenvalue weighted by Gasteiger charge is -2.10. The molecule has 1 aliphatic carbocycles. The van der Waals surface area contributed by atoms with Crippen LogP contribution in [-0.4, -0.2) is 25.2 Å². The van der Waals surface area contributed by atoms with Crippen molar-refractivity contribution in [3.63, 3.8) is 0 Å². The topological polar surface area (TPSA) is 52.6 Å². The number of hydrogen-bond acceptors (Lipinski definition) is 4. The summed E-state index contributed by atoms with van der Waals surface area (Å²) in [6.45, 7) is 10.6. The van der Waals surface area contributed by atoms with Crippen LogP contribution in [0.25, 0.3) is 0 Å². The lowest BCUT2D eigenvalue weighted by atomic mass is 10.1. The fraction of sp³-hybridized carbons (Fsp3) is 0.556. The van der Waals surface area contributed by atoms with Crippen molar-refractivity contribution in [3.05, 3.63) is 35.5 Å². The Kier molecular flexibility index (Phi) is 7.09. The van der Waals surface area contributed by atoms with Crippen LogP contribution in [0.15, 0.2) is 35.5 Å². The molecule has 0 amide bonds. The largest absolute Gasteiger partial charge is 0.465 e. The third-order valence-corrected chi connectivity index (χ3v) is 2.92. The van der Waals surface area contributed by atoms with Gasteiger partial charge in [-0.3, -0.25) is 4.79 Å². The minimum absolute atomic E-state index is 0.287. The van der Waals surface area contributed by atoms with Crippen LogP contribution >= 0.6 is 0 Å². The van der Waals surface area contributed by atoms with Gasteiger partial charge in [0, 0.05) is 0 Å². The molecule has 0 N–H and O–H groups in total. The minimum atomic E-state index is -0.467. The van der Waals surface area contributed by atoms with Gasteiger partial charge in [-0.1, -0.05) is 51.5 Å². The molecule has 1 atom stereocenters. The summed E-state index contributed by atoms with van der Waals surface area (Å²) in [4.78, 5) is 24.0. The van der Waals surface area contributed by atoms with Gasteiger partial charge in [-0.05, 0) is 24.8 Å². The van der Waals surface area contributed by atoms with Crippen LogP contribution in [0, 0.1) is 17.8 Å². The molecule has 0 spiro atoms. The third-order valence-electron chi connectivity index (χ3n) is 2.92. The van der Waals surface area contributed by atoms with Crippen LogP contribution in [0.5, 0.6) is 0 Å². The Hall–Kier alpha value is -1.84. The maximum atomic E-state index is 12.0. The van der Waals surface area contributed by atoms with Gasteiger partial charge >= 0.3 is 11.9 Å². The monoisotopic (exact) mass is 306 g/mol. The van der Waals surface area contributed by atoms with Crippen molar-refractivity contribution in [1.29, 1.82) is 0 Å². The number of ether oxygens (including phenoxy) is 2. The standard InChI is InChI=1S/C18H26O4/c1-12(2)10-21-17(19)15-6-7-16(9-14(5)8-15)18(20)22-11-13(3)4/h6-9,12-13,15H,10-11H2,1-5H3. The molecule has 0 bridgehead atoms. The van der Waals surface area contributed by atoms with E-state index in [1.807, 2.05) is 34.6 Å². The highest BCUT2D eigenvalue weighted by molar-refractivity contribution is 5.93. The molecule has 0 aliphatic heterocycles. The van der Waals surface area contributed by atoms with Gasteiger partial charge < -0.3 is 9.47 Å². The average Bonchev–Trinajstić information content (AvgIpc) is 2.63. The first-order valence-electron chi connectivity index (χ1n) is 7.71. The SMILES string of the molecule is CC1=CC(C(=O)OCC(C)C)C=CC(C(=O)OCC(C)C)=C1. The van der Waals surface area contributed by atoms with Gasteiger partial charge in [-0.15, -0.1) is 0 Å². The predicted octanol–water partition coefficient (Wildman–Crippen LogP) is 3.44. The molecule has 1 aliphatic rings. The smallest absolute Gasteiger partial charge is 0.338 e. The molecule has 0 aromatic carbocycles. The first-order valence-corrected chi connectivity index (χ1v) is 7.71. The van der Waals surface area contributed by atoms with Crippen molar-refractivity contribution in [1.82, 2.24) is 0 Å². The second-order valence-electron chi connectivity index (χ2n) is 6.41. The van der Waals surface area contributed by atoms with Crippen molar-refractivity contribution >= 4 is 11.9 Å². The van der Waals surface area contributed by atoms with E-state index in [1.54, 1.807) is 24.3 Å². The fourth-order valence-electron chi connectivity index (χ4n) is 1.83. The number of rotatable bonds is 6. The molecular formula is C18H26O4. The molecule has 1 unspecified atom stereocenters. The molecule has 0 saturated heterocycles. The van der Waals surface area contributed by atoms with Crippen LogP contribution in [0.3, 0.4) is 0 Å². The molecule has 4 nitrogen and oxygen atoms in total. The molecule has 4 heteroatoms. The highest BCUT2D eigenvalue weighted by Crippen LogP contribution is 2.18. The predicted molar refractivity (Wildman–Crippen MR) is 86.1 cm³/mol. The van der Waals surface area contributed by atoms with E-state index in [0.717, 1.165) is 5.57 Å². The first kappa shape index (κ1) is 18.2. The molecule has 1 rings (SSSR count). The Morgan fingerprint density at radius 3 is 2.27 bits per heavy atom. The molecule has 0 heterocycles. The van der Waals surface area contributed by atoms with Gasteiger partial charge in [-0.2, -0.15) is 0 Å². The summed E-state index contributed by atoms with van der Waals surface area (Å²) in [5, 5.41) is 0. The van der Waals surface area contributed by atoms with Crippen LogP contribution in [-0.2, 0) is 19.1 Å². The van der Waals surface area contributed by atoms with Crippen LogP contribution in [0.2, 0.25) is 0 Å². The zero-order chi connectivity index (χ0) is 16.7. The van der Waals surface area contributed by atoms with Crippen molar-refractivity contribution in [2.45, 2.75) is 34.6 Å². The summed E-state index contributed by atoms with van der Waals surface area (Å²) in [6.07, 6.45) is 6.84. The van der Waals surface area contributed by atoms with E-state index >= 15 is 0 Å². The summed E-state index contributed by atoms with van der Waals surface area (Å²) in [5.41, 5.74) is 1.29. The Morgan fingerprint density at radius 1 is 1.09 bits per heavy atom. The van der Waals surface area contributed by atoms with Crippen LogP contribution < -0.4 is 0 Å². The molecule has 0 aromatic rings. The van der Waals surface area contributed by atoms with Crippen molar-refractivity contribution < 1.29 is 19.1 Å². The molecule has 0 saturated carbocycles. The molecule has 0 fully saturated rings. The van der Waals surface area contributed by atoms with Gasteiger partial charge in [0.25, 0.3) is 0 Å². The minimum Gasteiger partial charge on any atom is -0.465 e. The van der Waals surface area contributed by atoms with Gasteiger partial charge in [-0.25, -0.2) is 4.79 Å². The zero-order valence-corrected chi connectivity index (χ0v) is 14.1. The van der Waals surface area contributed by atoms with E-state index in [-0.39, 0.29) is 17.9 Å². The van der Waals surface area contributed by atoms with Crippen molar-refractivity contribution in [2.75, 3.05) is 13.2 Å². The zero-order valence-electron chi connectivity index (χ0n) is 14.1. The average molecular weight is 306 g/mol. The molecule has 0 radical (unpaired) electrons. The van der Waals surface area contributed by atoms with Crippen LogP contribution in [0.1, 0.15) is 34.6 Å². The second kappa shape index (κ2) is 8.57. The normalized spacial score (nSPS) is 17.9. The Morgan fingerprint density at radius 2 is 1.68 bits per heavy atom. The maximum Gasteiger partial charge on any atom is 0.338 e. The molecule has 0 aromatic heterocycles. The summed E-state index contributed by atoms with van der Waals surface area (Å²) in [5.74, 6) is -0.549. The van der Waals surface area contributed by atoms with E-state index in [9.17, 15) is 9.59 Å². The number of carbonyl (C=O) groups excluding carboxylic acids is 2. The summed E-state index contributed by atoms with van der Waals surface area (Å²) >= 11 is 0. The number of esters is 2. The quantitative estimate of drug-likeness (QED) is 0.705. The maximum absolute atomic E-state index is 12.0. The Bertz CT molecular complexity index is 495. The van der Waals surface area contributed by atoms with E-state index in [1.165, 1.54) is 0 Å². The first-order chi connectivity index (χ1) is 10.3. The van der Waals surface area contributed by atoms with Gasteiger partial charge in [0.1, 0.15) is 0 Å². The van der Waals surface area contributed by atoms with Gasteiger partial charge in [0.15, 0.2) is 0 Å². The summed E-state index contributed by atoms with van der Waals surface area (Å²) < 4.78 is 10.5. The lowest BCUT2D eigenvalue weighted by Crippen LogP contribution is -2.17.